The van der Waals surface area contributed by atoms with E-state index >= 15 is 0 Å². The monoisotopic (exact) mass is 178 g/mol. The Balaban J connectivity index is 0. The molecule has 4 nitrogen and oxygen atoms in total. The third-order valence-corrected chi connectivity index (χ3v) is 0.989. The molecule has 0 spiro atoms. The molecule has 0 unspecified atom stereocenters. The van der Waals surface area contributed by atoms with Crippen LogP contribution in [0.1, 0.15) is 20.3 Å². The highest BCUT2D eigenvalue weighted by atomic mass is 16.3. The predicted octanol–water partition coefficient (Wildman–Crippen LogP) is -0.437. The maximum absolute atomic E-state index is 9.62. The highest BCUT2D eigenvalue weighted by Crippen LogP contribution is 1.92. The number of aliphatic hydroxyl groups excluding tert-OH is 3. The minimum Gasteiger partial charge on any atom is -0.394 e. The third kappa shape index (κ3) is 16.3. The van der Waals surface area contributed by atoms with Crippen molar-refractivity contribution in [3.63, 3.8) is 0 Å². The second-order valence-electron chi connectivity index (χ2n) is 2.82. The van der Waals surface area contributed by atoms with Crippen molar-refractivity contribution in [2.45, 2.75) is 26.4 Å². The first-order valence-electron chi connectivity index (χ1n) is 3.91. The van der Waals surface area contributed by atoms with E-state index in [9.17, 15) is 4.79 Å². The van der Waals surface area contributed by atoms with E-state index in [4.69, 9.17) is 15.3 Å². The topological polar surface area (TPSA) is 77.8 Å². The molecule has 0 aliphatic carbocycles. The Bertz CT molecular complexity index is 89.1. The summed E-state index contributed by atoms with van der Waals surface area (Å²) in [4.78, 5) is 9.62. The van der Waals surface area contributed by atoms with Gasteiger partial charge in [-0.2, -0.15) is 0 Å². The van der Waals surface area contributed by atoms with E-state index in [-0.39, 0.29) is 13.2 Å². The van der Waals surface area contributed by atoms with Crippen LogP contribution in [-0.4, -0.2) is 40.9 Å². The van der Waals surface area contributed by atoms with Crippen molar-refractivity contribution >= 4 is 6.29 Å². The van der Waals surface area contributed by atoms with E-state index in [2.05, 4.69) is 0 Å². The van der Waals surface area contributed by atoms with Crippen molar-refractivity contribution in [3.05, 3.63) is 0 Å². The van der Waals surface area contributed by atoms with Gasteiger partial charge in [0.1, 0.15) is 12.4 Å². The molecule has 0 aliphatic heterocycles. The molecule has 0 aromatic rings. The number of rotatable bonds is 4. The quantitative estimate of drug-likeness (QED) is 0.510. The lowest BCUT2D eigenvalue weighted by Crippen LogP contribution is -2.15. The summed E-state index contributed by atoms with van der Waals surface area (Å²) >= 11 is 0. The minimum absolute atomic E-state index is 0.365. The van der Waals surface area contributed by atoms with Crippen molar-refractivity contribution < 1.29 is 20.1 Å². The molecule has 0 aromatic heterocycles. The third-order valence-electron chi connectivity index (χ3n) is 0.989. The van der Waals surface area contributed by atoms with Crippen LogP contribution in [0.3, 0.4) is 0 Å². The number of carbonyl (C=O) groups excluding carboxylic acids is 1. The first kappa shape index (κ1) is 14.1. The SMILES string of the molecule is CC(C)CC=O.OCC(O)CO. The Morgan fingerprint density at radius 1 is 1.25 bits per heavy atom. The van der Waals surface area contributed by atoms with Gasteiger partial charge in [0.25, 0.3) is 0 Å². The van der Waals surface area contributed by atoms with Crippen LogP contribution in [0.5, 0.6) is 0 Å². The summed E-state index contributed by atoms with van der Waals surface area (Å²) in [5.74, 6) is 0.530. The number of aliphatic hydroxyl groups is 3. The van der Waals surface area contributed by atoms with Crippen LogP contribution in [-0.2, 0) is 4.79 Å². The minimum atomic E-state index is -0.954. The number of hydrogen-bond donors (Lipinski definition) is 3. The number of hydrogen-bond acceptors (Lipinski definition) is 4. The fourth-order valence-corrected chi connectivity index (χ4v) is 0.250. The average molecular weight is 178 g/mol. The molecule has 0 aliphatic rings. The Morgan fingerprint density at radius 3 is 1.67 bits per heavy atom. The zero-order chi connectivity index (χ0) is 9.98. The second-order valence-corrected chi connectivity index (χ2v) is 2.82. The zero-order valence-electron chi connectivity index (χ0n) is 7.60. The maximum atomic E-state index is 9.62. The molecular formula is C8H18O4. The fraction of sp³-hybridized carbons (Fsp3) is 0.875. The summed E-state index contributed by atoms with van der Waals surface area (Å²) < 4.78 is 0. The van der Waals surface area contributed by atoms with E-state index in [0.29, 0.717) is 12.3 Å². The van der Waals surface area contributed by atoms with Crippen LogP contribution < -0.4 is 0 Å². The maximum Gasteiger partial charge on any atom is 0.120 e. The van der Waals surface area contributed by atoms with Gasteiger partial charge in [0.2, 0.25) is 0 Å². The van der Waals surface area contributed by atoms with Crippen molar-refractivity contribution in [1.82, 2.24) is 0 Å². The smallest absolute Gasteiger partial charge is 0.120 e. The molecule has 0 rings (SSSR count). The first-order valence-corrected chi connectivity index (χ1v) is 3.91. The Labute approximate surface area is 72.8 Å². The van der Waals surface area contributed by atoms with E-state index in [1.54, 1.807) is 0 Å². The summed E-state index contributed by atoms with van der Waals surface area (Å²) in [6.07, 6.45) is 0.690. The van der Waals surface area contributed by atoms with Crippen molar-refractivity contribution in [2.75, 3.05) is 13.2 Å². The highest BCUT2D eigenvalue weighted by molar-refractivity contribution is 5.49. The van der Waals surface area contributed by atoms with Crippen LogP contribution in [0.15, 0.2) is 0 Å². The van der Waals surface area contributed by atoms with Crippen LogP contribution >= 0.6 is 0 Å². The van der Waals surface area contributed by atoms with Gasteiger partial charge in [-0.1, -0.05) is 13.8 Å². The Hall–Kier alpha value is -0.450. The molecule has 0 amide bonds. The Kier molecular flexibility index (Phi) is 12.4. The van der Waals surface area contributed by atoms with Crippen molar-refractivity contribution in [2.24, 2.45) is 5.92 Å². The van der Waals surface area contributed by atoms with E-state index in [1.807, 2.05) is 13.8 Å². The molecule has 0 atom stereocenters. The van der Waals surface area contributed by atoms with Gasteiger partial charge in [0.15, 0.2) is 0 Å². The van der Waals surface area contributed by atoms with Gasteiger partial charge in [-0.15, -0.1) is 0 Å². The summed E-state index contributed by atoms with van der Waals surface area (Å²) in [6, 6.07) is 0. The molecule has 3 N–H and O–H groups in total. The summed E-state index contributed by atoms with van der Waals surface area (Å²) in [7, 11) is 0. The second kappa shape index (κ2) is 10.6. The molecule has 0 aromatic carbocycles. The normalized spacial score (nSPS) is 9.58. The van der Waals surface area contributed by atoms with E-state index in [1.165, 1.54) is 0 Å². The molecule has 0 fully saturated rings. The molecule has 12 heavy (non-hydrogen) atoms. The lowest BCUT2D eigenvalue weighted by molar-refractivity contribution is -0.108. The van der Waals surface area contributed by atoms with Crippen LogP contribution in [0.2, 0.25) is 0 Å². The van der Waals surface area contributed by atoms with Crippen molar-refractivity contribution in [1.29, 1.82) is 0 Å². The van der Waals surface area contributed by atoms with Gasteiger partial charge < -0.3 is 20.1 Å². The van der Waals surface area contributed by atoms with Gasteiger partial charge in [-0.3, -0.25) is 0 Å². The van der Waals surface area contributed by atoms with E-state index in [0.717, 1.165) is 6.29 Å². The molecule has 0 bridgehead atoms. The molecule has 0 saturated carbocycles. The molecule has 0 radical (unpaired) electrons. The van der Waals surface area contributed by atoms with E-state index < -0.39 is 6.10 Å². The number of carbonyl (C=O) groups is 1. The molecule has 0 heterocycles. The van der Waals surface area contributed by atoms with Crippen molar-refractivity contribution in [3.8, 4) is 0 Å². The van der Waals surface area contributed by atoms with Gasteiger partial charge in [-0.05, 0) is 5.92 Å². The van der Waals surface area contributed by atoms with Crippen LogP contribution in [0.4, 0.5) is 0 Å². The van der Waals surface area contributed by atoms with Crippen LogP contribution in [0, 0.1) is 5.92 Å². The molecular weight excluding hydrogens is 160 g/mol. The van der Waals surface area contributed by atoms with Gasteiger partial charge >= 0.3 is 0 Å². The Morgan fingerprint density at radius 2 is 1.67 bits per heavy atom. The van der Waals surface area contributed by atoms with Crippen LogP contribution in [0.25, 0.3) is 0 Å². The fourth-order valence-electron chi connectivity index (χ4n) is 0.250. The number of aldehydes is 1. The summed E-state index contributed by atoms with van der Waals surface area (Å²) in [5, 5.41) is 24.0. The first-order chi connectivity index (χ1) is 5.58. The molecule has 4 heteroatoms. The molecule has 0 saturated heterocycles. The zero-order valence-corrected chi connectivity index (χ0v) is 7.60. The summed E-state index contributed by atoms with van der Waals surface area (Å²) in [5.41, 5.74) is 0. The lowest BCUT2D eigenvalue weighted by Gasteiger charge is -1.96. The largest absolute Gasteiger partial charge is 0.394 e. The lowest BCUT2D eigenvalue weighted by atomic mass is 10.2. The predicted molar refractivity (Wildman–Crippen MR) is 45.7 cm³/mol. The summed E-state index contributed by atoms with van der Waals surface area (Å²) in [6.45, 7) is 3.32. The van der Waals surface area contributed by atoms with Gasteiger partial charge in [-0.25, -0.2) is 0 Å². The van der Waals surface area contributed by atoms with Gasteiger partial charge in [0, 0.05) is 6.42 Å². The average Bonchev–Trinajstić information content (AvgIpc) is 2.04. The standard InChI is InChI=1S/C5H10O.C3H8O3/c1-5(2)3-4-6;4-1-3(6)2-5/h4-5H,3H2,1-2H3;3-6H,1-2H2. The highest BCUT2D eigenvalue weighted by Gasteiger charge is 1.93. The van der Waals surface area contributed by atoms with Gasteiger partial charge in [0.05, 0.1) is 13.2 Å². The molecule has 74 valence electrons.